The first-order valence-electron chi connectivity index (χ1n) is 12.8. The lowest BCUT2D eigenvalue weighted by molar-refractivity contribution is -0.144. The molecular weight excluding hydrogens is 442 g/mol. The smallest absolute Gasteiger partial charge is 0.408 e. The number of ether oxygens (including phenoxy) is 2. The molecule has 0 aromatic heterocycles. The van der Waals surface area contributed by atoms with E-state index in [1.165, 1.54) is 51.0 Å². The number of carbonyl (C=O) groups excluding carboxylic acids is 2. The van der Waals surface area contributed by atoms with Gasteiger partial charge in [0.1, 0.15) is 18.8 Å². The average Bonchev–Trinajstić information content (AvgIpc) is 2.88. The summed E-state index contributed by atoms with van der Waals surface area (Å²) in [6.45, 7) is 3.14. The van der Waals surface area contributed by atoms with E-state index in [0.717, 1.165) is 17.5 Å². The number of esters is 1. The number of nitrogens with one attached hydrogen (secondary N) is 1. The highest BCUT2D eigenvalue weighted by Gasteiger charge is 2.33. The van der Waals surface area contributed by atoms with E-state index in [2.05, 4.69) is 36.5 Å². The summed E-state index contributed by atoms with van der Waals surface area (Å²) in [5.74, 6) is -0.471. The van der Waals surface area contributed by atoms with Crippen LogP contribution in [0.2, 0.25) is 0 Å². The number of alkyl carbamates (subject to hydrolysis) is 1. The fourth-order valence-electron chi connectivity index (χ4n) is 3.92. The molecule has 1 unspecified atom stereocenters. The molecule has 6 nitrogen and oxygen atoms in total. The summed E-state index contributed by atoms with van der Waals surface area (Å²) in [6, 6.07) is 17.8. The largest absolute Gasteiger partial charge is 0.463 e. The van der Waals surface area contributed by atoms with Gasteiger partial charge in [-0.25, -0.2) is 4.79 Å². The third-order valence-electron chi connectivity index (χ3n) is 6.17. The van der Waals surface area contributed by atoms with Crippen LogP contribution in [0.4, 0.5) is 4.79 Å². The maximum absolute atomic E-state index is 12.5. The van der Waals surface area contributed by atoms with Crippen LogP contribution < -0.4 is 5.32 Å². The van der Waals surface area contributed by atoms with Crippen LogP contribution in [0.1, 0.15) is 75.5 Å². The Labute approximate surface area is 210 Å². The van der Waals surface area contributed by atoms with Crippen LogP contribution in [0.15, 0.2) is 54.6 Å². The third kappa shape index (κ3) is 11.4. The quantitative estimate of drug-likeness (QED) is 0.235. The van der Waals surface area contributed by atoms with Crippen molar-refractivity contribution in [2.24, 2.45) is 0 Å². The molecule has 0 bridgehead atoms. The third-order valence-corrected chi connectivity index (χ3v) is 6.17. The Hall–Kier alpha value is -2.86. The molecule has 0 radical (unpaired) electrons. The Morgan fingerprint density at radius 1 is 0.829 bits per heavy atom. The second-order valence-corrected chi connectivity index (χ2v) is 9.24. The van der Waals surface area contributed by atoms with E-state index < -0.39 is 17.6 Å². The molecular formula is C29H41NO5. The van der Waals surface area contributed by atoms with Gasteiger partial charge in [-0.3, -0.25) is 4.79 Å². The number of hydrogen-bond acceptors (Lipinski definition) is 5. The molecule has 192 valence electrons. The summed E-state index contributed by atoms with van der Waals surface area (Å²) in [5.41, 5.74) is 2.15. The predicted molar refractivity (Wildman–Crippen MR) is 138 cm³/mol. The number of aliphatic hydroxyl groups excluding tert-OH is 1. The van der Waals surface area contributed by atoms with Gasteiger partial charge in [-0.2, -0.15) is 0 Å². The van der Waals surface area contributed by atoms with Crippen molar-refractivity contribution in [2.75, 3.05) is 13.2 Å². The van der Waals surface area contributed by atoms with E-state index in [0.29, 0.717) is 12.8 Å². The molecule has 35 heavy (non-hydrogen) atoms. The molecule has 0 aliphatic carbocycles. The molecule has 0 spiro atoms. The number of aliphatic hydroxyl groups is 1. The van der Waals surface area contributed by atoms with Crippen LogP contribution in [0, 0.1) is 0 Å². The fraction of sp³-hybridized carbons (Fsp3) is 0.517. The van der Waals surface area contributed by atoms with Crippen LogP contribution in [-0.4, -0.2) is 35.9 Å². The van der Waals surface area contributed by atoms with Crippen LogP contribution in [0.3, 0.4) is 0 Å². The minimum absolute atomic E-state index is 0.113. The van der Waals surface area contributed by atoms with Crippen LogP contribution >= 0.6 is 0 Å². The normalized spacial score (nSPS) is 12.5. The Morgan fingerprint density at radius 2 is 1.46 bits per heavy atom. The molecule has 2 N–H and O–H groups in total. The monoisotopic (exact) mass is 483 g/mol. The van der Waals surface area contributed by atoms with Gasteiger partial charge in [0.25, 0.3) is 0 Å². The number of unbranched alkanes of at least 4 members (excludes halogenated alkanes) is 5. The molecule has 2 rings (SSSR count). The van der Waals surface area contributed by atoms with Gasteiger partial charge in [0.2, 0.25) is 0 Å². The zero-order chi connectivity index (χ0) is 25.4. The number of amides is 1. The van der Waals surface area contributed by atoms with Crippen molar-refractivity contribution in [3.63, 3.8) is 0 Å². The summed E-state index contributed by atoms with van der Waals surface area (Å²) < 4.78 is 10.5. The van der Waals surface area contributed by atoms with Crippen molar-refractivity contribution < 1.29 is 24.2 Å². The molecule has 0 saturated heterocycles. The SMILES string of the molecule is CCCCCCCCc1ccc(CCC(CO)(COC(C)=O)NC(=O)OCc2ccccc2)cc1. The van der Waals surface area contributed by atoms with Crippen molar-refractivity contribution >= 4 is 12.1 Å². The van der Waals surface area contributed by atoms with Crippen molar-refractivity contribution in [1.29, 1.82) is 0 Å². The number of aryl methyl sites for hydroxylation is 2. The van der Waals surface area contributed by atoms with Crippen LogP contribution in [-0.2, 0) is 33.7 Å². The Morgan fingerprint density at radius 3 is 2.09 bits per heavy atom. The predicted octanol–water partition coefficient (Wildman–Crippen LogP) is 5.74. The summed E-state index contributed by atoms with van der Waals surface area (Å²) in [5, 5.41) is 12.9. The average molecular weight is 484 g/mol. The Kier molecular flexibility index (Phi) is 12.9. The van der Waals surface area contributed by atoms with Crippen LogP contribution in [0.25, 0.3) is 0 Å². The zero-order valence-electron chi connectivity index (χ0n) is 21.3. The van der Waals surface area contributed by atoms with Crippen molar-refractivity contribution in [2.45, 2.75) is 83.8 Å². The summed E-state index contributed by atoms with van der Waals surface area (Å²) in [7, 11) is 0. The zero-order valence-corrected chi connectivity index (χ0v) is 21.3. The Bertz CT molecular complexity index is 868. The lowest BCUT2D eigenvalue weighted by atomic mass is 9.92. The first kappa shape index (κ1) is 28.4. The van der Waals surface area contributed by atoms with Crippen LogP contribution in [0.5, 0.6) is 0 Å². The highest BCUT2D eigenvalue weighted by Crippen LogP contribution is 2.18. The minimum atomic E-state index is -1.13. The van der Waals surface area contributed by atoms with Crippen molar-refractivity contribution in [3.05, 3.63) is 71.3 Å². The topological polar surface area (TPSA) is 84.9 Å². The van der Waals surface area contributed by atoms with E-state index >= 15 is 0 Å². The highest BCUT2D eigenvalue weighted by atomic mass is 16.6. The lowest BCUT2D eigenvalue weighted by Gasteiger charge is -2.32. The van der Waals surface area contributed by atoms with E-state index in [4.69, 9.17) is 9.47 Å². The van der Waals surface area contributed by atoms with E-state index in [1.54, 1.807) is 0 Å². The molecule has 0 saturated carbocycles. The molecule has 6 heteroatoms. The molecule has 0 fully saturated rings. The van der Waals surface area contributed by atoms with Crippen molar-refractivity contribution in [1.82, 2.24) is 5.32 Å². The highest BCUT2D eigenvalue weighted by molar-refractivity contribution is 5.69. The van der Waals surface area contributed by atoms with Gasteiger partial charge in [-0.05, 0) is 42.4 Å². The summed E-state index contributed by atoms with van der Waals surface area (Å²) in [4.78, 5) is 23.9. The van der Waals surface area contributed by atoms with E-state index in [9.17, 15) is 14.7 Å². The number of benzene rings is 2. The molecule has 0 aliphatic rings. The van der Waals surface area contributed by atoms with Gasteiger partial charge in [0.15, 0.2) is 0 Å². The van der Waals surface area contributed by atoms with Gasteiger partial charge in [0, 0.05) is 6.92 Å². The molecule has 1 atom stereocenters. The van der Waals surface area contributed by atoms with E-state index in [1.807, 2.05) is 30.3 Å². The molecule has 0 aliphatic heterocycles. The Balaban J connectivity index is 1.90. The molecule has 0 heterocycles. The first-order chi connectivity index (χ1) is 17.0. The van der Waals surface area contributed by atoms with Gasteiger partial charge in [0.05, 0.1) is 6.61 Å². The second-order valence-electron chi connectivity index (χ2n) is 9.24. The van der Waals surface area contributed by atoms with Gasteiger partial charge in [-0.15, -0.1) is 0 Å². The summed E-state index contributed by atoms with van der Waals surface area (Å²) in [6.07, 6.45) is 9.11. The number of rotatable bonds is 16. The van der Waals surface area contributed by atoms with Gasteiger partial charge >= 0.3 is 12.1 Å². The van der Waals surface area contributed by atoms with Gasteiger partial charge < -0.3 is 19.9 Å². The molecule has 2 aromatic carbocycles. The van der Waals surface area contributed by atoms with Crippen molar-refractivity contribution in [3.8, 4) is 0 Å². The van der Waals surface area contributed by atoms with E-state index in [-0.39, 0.29) is 19.8 Å². The number of carbonyl (C=O) groups is 2. The number of hydrogen-bond donors (Lipinski definition) is 2. The fourth-order valence-corrected chi connectivity index (χ4v) is 3.92. The first-order valence-corrected chi connectivity index (χ1v) is 12.8. The second kappa shape index (κ2) is 15.9. The lowest BCUT2D eigenvalue weighted by Crippen LogP contribution is -2.55. The van der Waals surface area contributed by atoms with Gasteiger partial charge in [-0.1, -0.05) is 93.6 Å². The summed E-state index contributed by atoms with van der Waals surface area (Å²) >= 11 is 0. The maximum Gasteiger partial charge on any atom is 0.408 e. The minimum Gasteiger partial charge on any atom is -0.463 e. The standard InChI is InChI=1S/C29H41NO5/c1-3-4-5-6-7-9-12-25-15-17-26(18-16-25)19-20-29(22-31,23-35-24(2)32)30-28(33)34-21-27-13-10-8-11-14-27/h8,10-11,13-18,31H,3-7,9,12,19-23H2,1-2H3,(H,30,33). The maximum atomic E-state index is 12.5. The molecule has 1 amide bonds. The molecule has 2 aromatic rings.